The van der Waals surface area contributed by atoms with Crippen LogP contribution in [0.3, 0.4) is 0 Å². The zero-order valence-corrected chi connectivity index (χ0v) is 16.8. The fourth-order valence-corrected chi connectivity index (χ4v) is 3.13. The molecule has 11 heteroatoms. The molecule has 0 aromatic rings. The number of likely N-dealkylation sites (tertiary alicyclic amines) is 1. The highest BCUT2D eigenvalue weighted by Gasteiger charge is 2.39. The molecule has 164 valence electrons. The fourth-order valence-electron chi connectivity index (χ4n) is 3.13. The second kappa shape index (κ2) is 11.3. The van der Waals surface area contributed by atoms with Crippen LogP contribution in [0.2, 0.25) is 0 Å². The van der Waals surface area contributed by atoms with E-state index in [4.69, 9.17) is 16.6 Å². The Kier molecular flexibility index (Phi) is 9.53. The average molecular weight is 413 g/mol. The number of carbonyl (C=O) groups excluding carboxylic acids is 4. The van der Waals surface area contributed by atoms with E-state index < -0.39 is 54.3 Å². The van der Waals surface area contributed by atoms with Gasteiger partial charge in [-0.2, -0.15) is 0 Å². The van der Waals surface area contributed by atoms with Gasteiger partial charge in [0.25, 0.3) is 0 Å². The van der Waals surface area contributed by atoms with Gasteiger partial charge in [0.2, 0.25) is 23.6 Å². The summed E-state index contributed by atoms with van der Waals surface area (Å²) in [4.78, 5) is 60.7. The van der Waals surface area contributed by atoms with Gasteiger partial charge in [-0.1, -0.05) is 20.3 Å². The molecule has 1 aliphatic heterocycles. The number of nitrogens with one attached hydrogen (secondary N) is 2. The Labute approximate surface area is 169 Å². The van der Waals surface area contributed by atoms with Crippen LogP contribution in [0.1, 0.15) is 46.0 Å². The number of carboxylic acid groups (broad SMARTS) is 1. The van der Waals surface area contributed by atoms with Gasteiger partial charge in [0, 0.05) is 13.0 Å². The second-order valence-electron chi connectivity index (χ2n) is 7.28. The molecular formula is C18H31N5O6. The Morgan fingerprint density at radius 3 is 2.45 bits per heavy atom. The molecule has 4 atom stereocenters. The highest BCUT2D eigenvalue weighted by Crippen LogP contribution is 2.21. The molecule has 1 rings (SSSR count). The standard InChI is InChI=1S/C18H31N5O6/c1-3-10(2)15(22-16(27)11(19)6-7-13(20)24)18(29)23-8-4-5-12(23)17(28)21-9-14(25)26/h10-12,15H,3-9,19H2,1-2H3,(H2,20,24)(H,21,28)(H,22,27)(H,25,26). The van der Waals surface area contributed by atoms with Crippen LogP contribution in [0.4, 0.5) is 0 Å². The first-order valence-corrected chi connectivity index (χ1v) is 9.72. The van der Waals surface area contributed by atoms with Gasteiger partial charge in [0.1, 0.15) is 18.6 Å². The van der Waals surface area contributed by atoms with Gasteiger partial charge in [-0.15, -0.1) is 0 Å². The highest BCUT2D eigenvalue weighted by atomic mass is 16.4. The minimum absolute atomic E-state index is 0.0471. The van der Waals surface area contributed by atoms with Crippen molar-refractivity contribution in [2.75, 3.05) is 13.1 Å². The highest BCUT2D eigenvalue weighted by molar-refractivity contribution is 5.94. The molecule has 0 spiro atoms. The topological polar surface area (TPSA) is 185 Å². The Bertz CT molecular complexity index is 640. The van der Waals surface area contributed by atoms with Crippen LogP contribution >= 0.6 is 0 Å². The molecule has 0 aromatic heterocycles. The molecule has 1 aliphatic rings. The summed E-state index contributed by atoms with van der Waals surface area (Å²) < 4.78 is 0. The van der Waals surface area contributed by atoms with Gasteiger partial charge < -0.3 is 32.1 Å². The van der Waals surface area contributed by atoms with E-state index in [1.165, 1.54) is 4.90 Å². The summed E-state index contributed by atoms with van der Waals surface area (Å²) >= 11 is 0. The lowest BCUT2D eigenvalue weighted by Crippen LogP contribution is -2.57. The number of carboxylic acids is 1. The summed E-state index contributed by atoms with van der Waals surface area (Å²) in [5.41, 5.74) is 10.9. The molecule has 1 fully saturated rings. The first-order chi connectivity index (χ1) is 13.6. The van der Waals surface area contributed by atoms with Crippen molar-refractivity contribution in [3.8, 4) is 0 Å². The van der Waals surface area contributed by atoms with Crippen molar-refractivity contribution in [2.24, 2.45) is 17.4 Å². The number of rotatable bonds is 11. The first-order valence-electron chi connectivity index (χ1n) is 9.72. The van der Waals surface area contributed by atoms with Gasteiger partial charge in [-0.25, -0.2) is 0 Å². The summed E-state index contributed by atoms with van der Waals surface area (Å²) in [6, 6.07) is -2.66. The lowest BCUT2D eigenvalue weighted by Gasteiger charge is -2.31. The van der Waals surface area contributed by atoms with E-state index >= 15 is 0 Å². The van der Waals surface area contributed by atoms with E-state index in [0.717, 1.165) is 0 Å². The van der Waals surface area contributed by atoms with E-state index in [0.29, 0.717) is 25.8 Å². The predicted molar refractivity (Wildman–Crippen MR) is 103 cm³/mol. The number of nitrogens with zero attached hydrogens (tertiary/aromatic N) is 1. The lowest BCUT2D eigenvalue weighted by molar-refractivity contribution is -0.143. The van der Waals surface area contributed by atoms with E-state index in [1.54, 1.807) is 6.92 Å². The molecule has 0 aliphatic carbocycles. The number of aliphatic carboxylic acids is 1. The van der Waals surface area contributed by atoms with Crippen LogP contribution < -0.4 is 22.1 Å². The van der Waals surface area contributed by atoms with Crippen molar-refractivity contribution in [3.63, 3.8) is 0 Å². The van der Waals surface area contributed by atoms with E-state index in [9.17, 15) is 24.0 Å². The Balaban J connectivity index is 2.86. The van der Waals surface area contributed by atoms with Crippen LogP contribution in [0.5, 0.6) is 0 Å². The van der Waals surface area contributed by atoms with Crippen LogP contribution in [0, 0.1) is 5.92 Å². The van der Waals surface area contributed by atoms with Crippen LogP contribution in [-0.4, -0.2) is 70.8 Å². The number of hydrogen-bond donors (Lipinski definition) is 5. The summed E-state index contributed by atoms with van der Waals surface area (Å²) in [5, 5.41) is 13.7. The smallest absolute Gasteiger partial charge is 0.322 e. The number of amides is 4. The molecule has 0 radical (unpaired) electrons. The molecule has 4 amide bonds. The number of hydrogen-bond acceptors (Lipinski definition) is 6. The maximum Gasteiger partial charge on any atom is 0.322 e. The average Bonchev–Trinajstić information content (AvgIpc) is 3.16. The summed E-state index contributed by atoms with van der Waals surface area (Å²) in [5.74, 6) is -3.50. The zero-order chi connectivity index (χ0) is 22.1. The maximum atomic E-state index is 13.1. The summed E-state index contributed by atoms with van der Waals surface area (Å²) in [6.07, 6.45) is 1.62. The van der Waals surface area contributed by atoms with Crippen molar-refractivity contribution in [2.45, 2.75) is 64.1 Å². The molecule has 0 bridgehead atoms. The van der Waals surface area contributed by atoms with E-state index in [-0.39, 0.29) is 18.8 Å². The molecular weight excluding hydrogens is 382 g/mol. The fraction of sp³-hybridized carbons (Fsp3) is 0.722. The zero-order valence-electron chi connectivity index (χ0n) is 16.8. The molecule has 1 heterocycles. The molecule has 11 nitrogen and oxygen atoms in total. The summed E-state index contributed by atoms with van der Waals surface area (Å²) in [7, 11) is 0. The van der Waals surface area contributed by atoms with Gasteiger partial charge in [0.15, 0.2) is 0 Å². The first kappa shape index (κ1) is 24.3. The molecule has 29 heavy (non-hydrogen) atoms. The molecule has 0 saturated carbocycles. The van der Waals surface area contributed by atoms with Crippen molar-refractivity contribution >= 4 is 29.6 Å². The molecule has 7 N–H and O–H groups in total. The molecule has 1 saturated heterocycles. The normalized spacial score (nSPS) is 19.1. The van der Waals surface area contributed by atoms with Crippen molar-refractivity contribution in [1.29, 1.82) is 0 Å². The van der Waals surface area contributed by atoms with Gasteiger partial charge in [-0.05, 0) is 25.2 Å². The van der Waals surface area contributed by atoms with Crippen molar-refractivity contribution in [3.05, 3.63) is 0 Å². The van der Waals surface area contributed by atoms with Gasteiger partial charge in [0.05, 0.1) is 6.04 Å². The lowest BCUT2D eigenvalue weighted by atomic mass is 9.96. The quantitative estimate of drug-likeness (QED) is 0.267. The van der Waals surface area contributed by atoms with Crippen LogP contribution in [0.15, 0.2) is 0 Å². The van der Waals surface area contributed by atoms with E-state index in [2.05, 4.69) is 10.6 Å². The number of nitrogens with two attached hydrogens (primary N) is 2. The second-order valence-corrected chi connectivity index (χ2v) is 7.28. The van der Waals surface area contributed by atoms with Crippen LogP contribution in [-0.2, 0) is 24.0 Å². The largest absolute Gasteiger partial charge is 0.480 e. The van der Waals surface area contributed by atoms with Gasteiger partial charge in [-0.3, -0.25) is 24.0 Å². The third-order valence-electron chi connectivity index (χ3n) is 5.07. The van der Waals surface area contributed by atoms with Crippen LogP contribution in [0.25, 0.3) is 0 Å². The Morgan fingerprint density at radius 2 is 1.90 bits per heavy atom. The Hall–Kier alpha value is -2.69. The summed E-state index contributed by atoms with van der Waals surface area (Å²) in [6.45, 7) is 3.47. The minimum atomic E-state index is -1.18. The molecule has 0 aromatic carbocycles. The number of carbonyl (C=O) groups is 5. The van der Waals surface area contributed by atoms with Crippen molar-refractivity contribution in [1.82, 2.24) is 15.5 Å². The molecule has 4 unspecified atom stereocenters. The predicted octanol–water partition coefficient (Wildman–Crippen LogP) is -1.70. The Morgan fingerprint density at radius 1 is 1.24 bits per heavy atom. The third kappa shape index (κ3) is 7.33. The van der Waals surface area contributed by atoms with E-state index in [1.807, 2.05) is 6.92 Å². The number of primary amides is 1. The third-order valence-corrected chi connectivity index (χ3v) is 5.07. The monoisotopic (exact) mass is 413 g/mol. The maximum absolute atomic E-state index is 13.1. The SMILES string of the molecule is CCC(C)C(NC(=O)C(N)CCC(N)=O)C(=O)N1CCCC1C(=O)NCC(=O)O. The van der Waals surface area contributed by atoms with Gasteiger partial charge >= 0.3 is 5.97 Å². The minimum Gasteiger partial charge on any atom is -0.480 e. The van der Waals surface area contributed by atoms with Crippen molar-refractivity contribution < 1.29 is 29.1 Å².